The molecule has 122 valence electrons. The molecule has 3 aromatic rings. The van der Waals surface area contributed by atoms with E-state index in [1.165, 1.54) is 11.3 Å². The van der Waals surface area contributed by atoms with E-state index in [-0.39, 0.29) is 12.0 Å². The fourth-order valence-corrected chi connectivity index (χ4v) is 4.41. The Morgan fingerprint density at radius 1 is 1.25 bits per heavy atom. The Balaban J connectivity index is 1.43. The van der Waals surface area contributed by atoms with Gasteiger partial charge in [0.1, 0.15) is 6.10 Å². The van der Waals surface area contributed by atoms with Gasteiger partial charge in [0.2, 0.25) is 5.88 Å². The van der Waals surface area contributed by atoms with Crippen molar-refractivity contribution in [1.82, 2.24) is 9.97 Å². The van der Waals surface area contributed by atoms with E-state index in [1.807, 2.05) is 36.0 Å². The number of nitrogens with zero attached hydrogens (tertiary/aromatic N) is 2. The summed E-state index contributed by atoms with van der Waals surface area (Å²) >= 11 is 3.34. The predicted octanol–water partition coefficient (Wildman–Crippen LogP) is 3.83. The van der Waals surface area contributed by atoms with Gasteiger partial charge in [-0.1, -0.05) is 23.5 Å². The molecule has 1 aromatic carbocycles. The molecule has 3 heterocycles. The summed E-state index contributed by atoms with van der Waals surface area (Å²) in [5.74, 6) is 2.48. The fraction of sp³-hybridized carbons (Fsp3) is 0.235. The lowest BCUT2D eigenvalue weighted by atomic mass is 10.2. The van der Waals surface area contributed by atoms with E-state index in [0.29, 0.717) is 16.6 Å². The van der Waals surface area contributed by atoms with Crippen LogP contribution in [0.15, 0.2) is 42.6 Å². The standard InChI is InChI=1S/C17H15N3O2S2/c21-16(20-17-19-13-3-1-2-4-14(13)24-17)11-5-6-15(18-9-11)22-12-7-8-23-10-12/h1-6,9,12H,7-8,10H2,(H,19,20,21). The summed E-state index contributed by atoms with van der Waals surface area (Å²) in [4.78, 5) is 21.0. The zero-order valence-corrected chi connectivity index (χ0v) is 14.4. The number of aromatic nitrogens is 2. The third-order valence-electron chi connectivity index (χ3n) is 3.69. The molecule has 4 rings (SSSR count). The quantitative estimate of drug-likeness (QED) is 0.769. The van der Waals surface area contributed by atoms with Gasteiger partial charge in [-0.15, -0.1) is 0 Å². The van der Waals surface area contributed by atoms with E-state index in [0.717, 1.165) is 28.1 Å². The Morgan fingerprint density at radius 2 is 2.17 bits per heavy atom. The van der Waals surface area contributed by atoms with Crippen molar-refractivity contribution in [2.75, 3.05) is 16.8 Å². The lowest BCUT2D eigenvalue weighted by Gasteiger charge is -2.11. The van der Waals surface area contributed by atoms with Crippen LogP contribution in [-0.2, 0) is 0 Å². The van der Waals surface area contributed by atoms with E-state index in [1.54, 1.807) is 18.3 Å². The first-order chi connectivity index (χ1) is 11.8. The Kier molecular flexibility index (Phi) is 4.36. The zero-order chi connectivity index (χ0) is 16.4. The Labute approximate surface area is 147 Å². The molecule has 1 saturated heterocycles. The van der Waals surface area contributed by atoms with Gasteiger partial charge >= 0.3 is 0 Å². The number of hydrogen-bond donors (Lipinski definition) is 1. The number of hydrogen-bond acceptors (Lipinski definition) is 6. The summed E-state index contributed by atoms with van der Waals surface area (Å²) < 4.78 is 6.84. The van der Waals surface area contributed by atoms with Crippen LogP contribution in [0.1, 0.15) is 16.8 Å². The van der Waals surface area contributed by atoms with Crippen molar-refractivity contribution in [3.05, 3.63) is 48.2 Å². The Hall–Kier alpha value is -2.12. The lowest BCUT2D eigenvalue weighted by molar-refractivity contribution is 0.102. The van der Waals surface area contributed by atoms with Crippen molar-refractivity contribution >= 4 is 44.4 Å². The smallest absolute Gasteiger partial charge is 0.259 e. The van der Waals surface area contributed by atoms with Gasteiger partial charge in [-0.05, 0) is 30.4 Å². The van der Waals surface area contributed by atoms with Crippen molar-refractivity contribution in [3.8, 4) is 5.88 Å². The second kappa shape index (κ2) is 6.78. The highest BCUT2D eigenvalue weighted by atomic mass is 32.2. The van der Waals surface area contributed by atoms with Gasteiger partial charge in [0.15, 0.2) is 5.13 Å². The molecule has 1 atom stereocenters. The molecule has 0 radical (unpaired) electrons. The summed E-state index contributed by atoms with van der Waals surface area (Å²) in [5.41, 5.74) is 1.37. The largest absolute Gasteiger partial charge is 0.473 e. The molecule has 1 aliphatic heterocycles. The molecule has 7 heteroatoms. The zero-order valence-electron chi connectivity index (χ0n) is 12.8. The van der Waals surface area contributed by atoms with Gasteiger partial charge in [-0.3, -0.25) is 10.1 Å². The number of thioether (sulfide) groups is 1. The lowest BCUT2D eigenvalue weighted by Crippen LogP contribution is -2.16. The molecule has 1 unspecified atom stereocenters. The van der Waals surface area contributed by atoms with E-state index in [4.69, 9.17) is 4.74 Å². The van der Waals surface area contributed by atoms with Crippen molar-refractivity contribution in [3.63, 3.8) is 0 Å². The maximum Gasteiger partial charge on any atom is 0.259 e. The van der Waals surface area contributed by atoms with Gasteiger partial charge in [0.05, 0.1) is 15.8 Å². The second-order valence-electron chi connectivity index (χ2n) is 5.43. The molecule has 0 spiro atoms. The van der Waals surface area contributed by atoms with Crippen LogP contribution in [0.25, 0.3) is 10.2 Å². The van der Waals surface area contributed by atoms with Crippen LogP contribution in [0.5, 0.6) is 5.88 Å². The van der Waals surface area contributed by atoms with Crippen LogP contribution in [-0.4, -0.2) is 33.5 Å². The number of benzene rings is 1. The highest BCUT2D eigenvalue weighted by Crippen LogP contribution is 2.26. The molecule has 1 fully saturated rings. The first-order valence-electron chi connectivity index (χ1n) is 7.65. The van der Waals surface area contributed by atoms with E-state index in [9.17, 15) is 4.79 Å². The average Bonchev–Trinajstić information content (AvgIpc) is 3.24. The topological polar surface area (TPSA) is 64.1 Å². The van der Waals surface area contributed by atoms with Gasteiger partial charge < -0.3 is 4.74 Å². The minimum Gasteiger partial charge on any atom is -0.473 e. The van der Waals surface area contributed by atoms with Gasteiger partial charge in [-0.2, -0.15) is 11.8 Å². The molecular formula is C17H15N3O2S2. The highest BCUT2D eigenvalue weighted by molar-refractivity contribution is 7.99. The third-order valence-corrected chi connectivity index (χ3v) is 5.77. The second-order valence-corrected chi connectivity index (χ2v) is 7.61. The van der Waals surface area contributed by atoms with Crippen molar-refractivity contribution in [1.29, 1.82) is 0 Å². The minimum atomic E-state index is -0.218. The molecular weight excluding hydrogens is 342 g/mol. The number of fused-ring (bicyclic) bond motifs is 1. The number of ether oxygens (including phenoxy) is 1. The van der Waals surface area contributed by atoms with Crippen LogP contribution in [0.3, 0.4) is 0 Å². The number of carbonyl (C=O) groups is 1. The maximum absolute atomic E-state index is 12.3. The minimum absolute atomic E-state index is 0.218. The van der Waals surface area contributed by atoms with Crippen LogP contribution >= 0.6 is 23.1 Å². The SMILES string of the molecule is O=C(Nc1nc2ccccc2s1)c1ccc(OC2CCSC2)nc1. The molecule has 1 N–H and O–H groups in total. The number of nitrogens with one attached hydrogen (secondary N) is 1. The number of pyridine rings is 1. The first-order valence-corrected chi connectivity index (χ1v) is 9.62. The van der Waals surface area contributed by atoms with Gasteiger partial charge in [0.25, 0.3) is 5.91 Å². The third kappa shape index (κ3) is 3.37. The fourth-order valence-electron chi connectivity index (χ4n) is 2.46. The number of thiazole rings is 1. The van der Waals surface area contributed by atoms with Crippen molar-refractivity contribution < 1.29 is 9.53 Å². The maximum atomic E-state index is 12.3. The van der Waals surface area contributed by atoms with Gasteiger partial charge in [-0.25, -0.2) is 9.97 Å². The summed E-state index contributed by atoms with van der Waals surface area (Å²) in [6.45, 7) is 0. The normalized spacial score (nSPS) is 17.1. The Morgan fingerprint density at radius 3 is 2.92 bits per heavy atom. The van der Waals surface area contributed by atoms with Crippen LogP contribution in [0.4, 0.5) is 5.13 Å². The summed E-state index contributed by atoms with van der Waals surface area (Å²) in [7, 11) is 0. The molecule has 0 bridgehead atoms. The average molecular weight is 357 g/mol. The molecule has 1 amide bonds. The number of rotatable bonds is 4. The molecule has 1 aliphatic rings. The summed E-state index contributed by atoms with van der Waals surface area (Å²) in [6, 6.07) is 11.3. The molecule has 0 saturated carbocycles. The van der Waals surface area contributed by atoms with E-state index >= 15 is 0 Å². The predicted molar refractivity (Wildman–Crippen MR) is 98.2 cm³/mol. The monoisotopic (exact) mass is 357 g/mol. The Bertz CT molecular complexity index is 825. The molecule has 0 aliphatic carbocycles. The van der Waals surface area contributed by atoms with Crippen molar-refractivity contribution in [2.45, 2.75) is 12.5 Å². The first kappa shape index (κ1) is 15.4. The number of carbonyl (C=O) groups excluding carboxylic acids is 1. The van der Waals surface area contributed by atoms with Crippen molar-refractivity contribution in [2.24, 2.45) is 0 Å². The van der Waals surface area contributed by atoms with E-state index < -0.39 is 0 Å². The number of para-hydroxylation sites is 1. The van der Waals surface area contributed by atoms with Gasteiger partial charge in [0, 0.05) is 18.0 Å². The molecule has 24 heavy (non-hydrogen) atoms. The van der Waals surface area contributed by atoms with E-state index in [2.05, 4.69) is 15.3 Å². The number of amides is 1. The number of anilines is 1. The summed E-state index contributed by atoms with van der Waals surface area (Å²) in [6.07, 6.45) is 2.82. The highest BCUT2D eigenvalue weighted by Gasteiger charge is 2.18. The van der Waals surface area contributed by atoms with Crippen LogP contribution in [0.2, 0.25) is 0 Å². The molecule has 2 aromatic heterocycles. The van der Waals surface area contributed by atoms with Crippen LogP contribution < -0.4 is 10.1 Å². The molecule has 5 nitrogen and oxygen atoms in total. The summed E-state index contributed by atoms with van der Waals surface area (Å²) in [5, 5.41) is 3.41. The van der Waals surface area contributed by atoms with Crippen LogP contribution in [0, 0.1) is 0 Å².